The second kappa shape index (κ2) is 11.8. The van der Waals surface area contributed by atoms with Crippen LogP contribution in [-0.2, 0) is 31.0 Å². The summed E-state index contributed by atoms with van der Waals surface area (Å²) in [6, 6.07) is 29.5. The van der Waals surface area contributed by atoms with Gasteiger partial charge in [0.25, 0.3) is 11.8 Å². The molecule has 0 unspecified atom stereocenters. The minimum Gasteiger partial charge on any atom is -0.380 e. The van der Waals surface area contributed by atoms with Crippen molar-refractivity contribution in [3.05, 3.63) is 143 Å². The summed E-state index contributed by atoms with van der Waals surface area (Å²) in [6.45, 7) is 3.78. The molecule has 1 aliphatic rings. The van der Waals surface area contributed by atoms with Gasteiger partial charge >= 0.3 is 0 Å². The molecule has 2 amide bonds. The smallest absolute Gasteiger partial charge is 0.268 e. The van der Waals surface area contributed by atoms with Gasteiger partial charge < -0.3 is 19.5 Å². The lowest BCUT2D eigenvalue weighted by Crippen LogP contribution is -2.30. The lowest BCUT2D eigenvalue weighted by atomic mass is 9.94. The molecule has 0 radical (unpaired) electrons. The average molecular weight is 557 g/mol. The molecule has 0 fully saturated rings. The highest BCUT2D eigenvalue weighted by molar-refractivity contribution is 6.07. The number of amides is 2. The first kappa shape index (κ1) is 27.2. The standard InChI is InChI=1S/C35H32N4O3/c1-24-18-26(13-15-30(24)31-11-5-3-10-28(31)23-42-2)35(41)39-22-29-14-16-33(34(40)37-20-25-8-7-17-36-19-25)38(29)21-27-9-4-6-12-32(27)39/h3-19H,20-23H2,1-2H3,(H,37,40). The molecule has 42 heavy (non-hydrogen) atoms. The van der Waals surface area contributed by atoms with Crippen LogP contribution in [0.25, 0.3) is 11.1 Å². The van der Waals surface area contributed by atoms with E-state index in [0.717, 1.165) is 44.8 Å². The normalized spacial score (nSPS) is 12.3. The van der Waals surface area contributed by atoms with Gasteiger partial charge in [0, 0.05) is 43.0 Å². The molecular formula is C35H32N4O3. The molecule has 0 saturated heterocycles. The molecule has 210 valence electrons. The van der Waals surface area contributed by atoms with Crippen LogP contribution in [0, 0.1) is 6.92 Å². The molecule has 5 aromatic rings. The van der Waals surface area contributed by atoms with Crippen LogP contribution in [0.15, 0.2) is 103 Å². The Bertz CT molecular complexity index is 1760. The lowest BCUT2D eigenvalue weighted by molar-refractivity contribution is 0.0941. The maximum absolute atomic E-state index is 14.1. The number of pyridine rings is 1. The van der Waals surface area contributed by atoms with E-state index in [1.165, 1.54) is 0 Å². The molecule has 0 atom stereocenters. The van der Waals surface area contributed by atoms with Crippen molar-refractivity contribution >= 4 is 17.5 Å². The van der Waals surface area contributed by atoms with Gasteiger partial charge in [-0.2, -0.15) is 0 Å². The van der Waals surface area contributed by atoms with Crippen LogP contribution >= 0.6 is 0 Å². The Labute approximate surface area is 245 Å². The monoisotopic (exact) mass is 556 g/mol. The Balaban J connectivity index is 1.30. The number of nitrogens with one attached hydrogen (secondary N) is 1. The van der Waals surface area contributed by atoms with Gasteiger partial charge in [-0.25, -0.2) is 0 Å². The maximum atomic E-state index is 14.1. The third-order valence-electron chi connectivity index (χ3n) is 7.74. The Kier molecular flexibility index (Phi) is 7.66. The zero-order valence-corrected chi connectivity index (χ0v) is 23.7. The largest absolute Gasteiger partial charge is 0.380 e. The van der Waals surface area contributed by atoms with Gasteiger partial charge in [0.05, 0.1) is 19.7 Å². The SMILES string of the molecule is COCc1ccccc1-c1ccc(C(=O)N2Cc3ccc(C(=O)NCc4cccnc4)n3Cc3ccccc32)cc1C. The van der Waals surface area contributed by atoms with Crippen molar-refractivity contribution in [3.8, 4) is 11.1 Å². The Morgan fingerprint density at radius 2 is 1.74 bits per heavy atom. The van der Waals surface area contributed by atoms with Crippen molar-refractivity contribution in [2.24, 2.45) is 0 Å². The summed E-state index contributed by atoms with van der Waals surface area (Å²) in [6.07, 6.45) is 3.45. The number of aromatic nitrogens is 2. The van der Waals surface area contributed by atoms with Gasteiger partial charge in [0.15, 0.2) is 0 Å². The summed E-state index contributed by atoms with van der Waals surface area (Å²) in [4.78, 5) is 33.3. The number of anilines is 1. The lowest BCUT2D eigenvalue weighted by Gasteiger charge is -2.23. The molecule has 0 aliphatic carbocycles. The summed E-state index contributed by atoms with van der Waals surface area (Å²) in [5.41, 5.74) is 9.12. The zero-order chi connectivity index (χ0) is 29.1. The van der Waals surface area contributed by atoms with Crippen LogP contribution < -0.4 is 10.2 Å². The quantitative estimate of drug-likeness (QED) is 0.261. The molecule has 7 heteroatoms. The predicted octanol–water partition coefficient (Wildman–Crippen LogP) is 6.14. The number of hydrogen-bond acceptors (Lipinski definition) is 4. The number of para-hydroxylation sites is 1. The van der Waals surface area contributed by atoms with Crippen LogP contribution in [0.3, 0.4) is 0 Å². The number of benzene rings is 3. The molecular weight excluding hydrogens is 524 g/mol. The van der Waals surface area contributed by atoms with E-state index in [9.17, 15) is 9.59 Å². The highest BCUT2D eigenvalue weighted by Crippen LogP contribution is 2.32. The second-order valence-corrected chi connectivity index (χ2v) is 10.5. The molecule has 2 aromatic heterocycles. The first-order valence-corrected chi connectivity index (χ1v) is 14.0. The number of ether oxygens (including phenoxy) is 1. The number of rotatable bonds is 7. The summed E-state index contributed by atoms with van der Waals surface area (Å²) < 4.78 is 7.41. The van der Waals surface area contributed by atoms with Crippen molar-refractivity contribution in [2.75, 3.05) is 12.0 Å². The Morgan fingerprint density at radius 1 is 0.905 bits per heavy atom. The third-order valence-corrected chi connectivity index (χ3v) is 7.74. The number of hydrogen-bond donors (Lipinski definition) is 1. The molecule has 1 aliphatic heterocycles. The van der Waals surface area contributed by atoms with Crippen molar-refractivity contribution in [3.63, 3.8) is 0 Å². The van der Waals surface area contributed by atoms with Crippen molar-refractivity contribution in [1.29, 1.82) is 0 Å². The van der Waals surface area contributed by atoms with Crippen molar-refractivity contribution < 1.29 is 14.3 Å². The summed E-state index contributed by atoms with van der Waals surface area (Å²) in [7, 11) is 1.69. The third kappa shape index (κ3) is 5.34. The number of carbonyl (C=O) groups excluding carboxylic acids is 2. The number of nitrogens with zero attached hydrogens (tertiary/aromatic N) is 3. The van der Waals surface area contributed by atoms with Gasteiger partial charge in [-0.3, -0.25) is 14.6 Å². The van der Waals surface area contributed by atoms with E-state index < -0.39 is 0 Å². The average Bonchev–Trinajstić information content (AvgIpc) is 3.33. The topological polar surface area (TPSA) is 76.5 Å². The van der Waals surface area contributed by atoms with Crippen LogP contribution in [-0.4, -0.2) is 28.5 Å². The molecule has 3 heterocycles. The number of fused-ring (bicyclic) bond motifs is 2. The van der Waals surface area contributed by atoms with Crippen molar-refractivity contribution in [2.45, 2.75) is 33.2 Å². The Morgan fingerprint density at radius 3 is 2.55 bits per heavy atom. The van der Waals surface area contributed by atoms with Gasteiger partial charge in [-0.15, -0.1) is 0 Å². The fourth-order valence-corrected chi connectivity index (χ4v) is 5.63. The highest BCUT2D eigenvalue weighted by atomic mass is 16.5. The fraction of sp³-hybridized carbons (Fsp3) is 0.171. The predicted molar refractivity (Wildman–Crippen MR) is 163 cm³/mol. The maximum Gasteiger partial charge on any atom is 0.268 e. The van der Waals surface area contributed by atoms with Crippen LogP contribution in [0.4, 0.5) is 5.69 Å². The van der Waals surface area contributed by atoms with E-state index >= 15 is 0 Å². The summed E-state index contributed by atoms with van der Waals surface area (Å²) in [5, 5.41) is 3.00. The molecule has 6 rings (SSSR count). The van der Waals surface area contributed by atoms with E-state index in [-0.39, 0.29) is 11.8 Å². The number of carbonyl (C=O) groups is 2. The molecule has 0 saturated carbocycles. The van der Waals surface area contributed by atoms with E-state index in [0.29, 0.717) is 37.5 Å². The molecule has 0 spiro atoms. The summed E-state index contributed by atoms with van der Waals surface area (Å²) in [5.74, 6) is -0.248. The van der Waals surface area contributed by atoms with Crippen LogP contribution in [0.1, 0.15) is 48.8 Å². The van der Waals surface area contributed by atoms with Crippen LogP contribution in [0.5, 0.6) is 0 Å². The Hall–Kier alpha value is -5.01. The minimum atomic E-state index is -0.165. The number of aryl methyl sites for hydroxylation is 1. The van der Waals surface area contributed by atoms with Crippen LogP contribution in [0.2, 0.25) is 0 Å². The zero-order valence-electron chi connectivity index (χ0n) is 23.7. The van der Waals surface area contributed by atoms with Gasteiger partial charge in [-0.05, 0) is 76.7 Å². The molecule has 3 aromatic carbocycles. The van der Waals surface area contributed by atoms with E-state index in [2.05, 4.69) is 22.4 Å². The van der Waals surface area contributed by atoms with E-state index in [1.54, 1.807) is 19.5 Å². The molecule has 0 bridgehead atoms. The second-order valence-electron chi connectivity index (χ2n) is 10.5. The van der Waals surface area contributed by atoms with Crippen molar-refractivity contribution in [1.82, 2.24) is 14.9 Å². The van der Waals surface area contributed by atoms with Gasteiger partial charge in [-0.1, -0.05) is 54.6 Å². The van der Waals surface area contributed by atoms with Gasteiger partial charge in [0.2, 0.25) is 0 Å². The van der Waals surface area contributed by atoms with E-state index in [4.69, 9.17) is 4.74 Å². The fourth-order valence-electron chi connectivity index (χ4n) is 5.63. The first-order valence-electron chi connectivity index (χ1n) is 14.0. The highest BCUT2D eigenvalue weighted by Gasteiger charge is 2.27. The molecule has 7 nitrogen and oxygen atoms in total. The minimum absolute atomic E-state index is 0.0838. The first-order chi connectivity index (χ1) is 20.5. The van der Waals surface area contributed by atoms with Gasteiger partial charge in [0.1, 0.15) is 5.69 Å². The number of methoxy groups -OCH3 is 1. The molecule has 1 N–H and O–H groups in total. The van der Waals surface area contributed by atoms with E-state index in [1.807, 2.05) is 95.3 Å². The summed E-state index contributed by atoms with van der Waals surface area (Å²) >= 11 is 0.